The highest BCUT2D eigenvalue weighted by molar-refractivity contribution is 5.24. The van der Waals surface area contributed by atoms with Crippen LogP contribution < -0.4 is 5.73 Å². The highest BCUT2D eigenvalue weighted by atomic mass is 15.3. The van der Waals surface area contributed by atoms with Gasteiger partial charge in [-0.05, 0) is 17.0 Å². The smallest absolute Gasteiger partial charge is 0.140 e. The van der Waals surface area contributed by atoms with Crippen LogP contribution in [0.1, 0.15) is 36.7 Å². The van der Waals surface area contributed by atoms with E-state index in [9.17, 15) is 0 Å². The highest BCUT2D eigenvalue weighted by Gasteiger charge is 2.03. The average molecular weight is 230 g/mol. The van der Waals surface area contributed by atoms with E-state index < -0.39 is 0 Å². The molecule has 0 aliphatic rings. The molecule has 0 atom stereocenters. The van der Waals surface area contributed by atoms with Gasteiger partial charge in [0.25, 0.3) is 0 Å². The van der Waals surface area contributed by atoms with Gasteiger partial charge in [-0.1, -0.05) is 38.1 Å². The third-order valence-electron chi connectivity index (χ3n) is 2.86. The molecule has 1 heterocycles. The maximum atomic E-state index is 5.59. The molecule has 90 valence electrons. The predicted octanol–water partition coefficient (Wildman–Crippen LogP) is 1.91. The minimum Gasteiger partial charge on any atom is -0.324 e. The number of hydrogen-bond donors (Lipinski definition) is 1. The van der Waals surface area contributed by atoms with Gasteiger partial charge in [-0.25, -0.2) is 9.67 Å². The van der Waals surface area contributed by atoms with Crippen LogP contribution in [0.2, 0.25) is 0 Å². The molecule has 2 aromatic rings. The Labute approximate surface area is 101 Å². The summed E-state index contributed by atoms with van der Waals surface area (Å²) < 4.78 is 1.84. The number of nitrogens with zero attached hydrogens (tertiary/aromatic N) is 3. The van der Waals surface area contributed by atoms with Gasteiger partial charge in [0.05, 0.1) is 13.1 Å². The molecule has 0 spiro atoms. The Morgan fingerprint density at radius 2 is 1.94 bits per heavy atom. The molecule has 0 amide bonds. The van der Waals surface area contributed by atoms with E-state index in [1.54, 1.807) is 6.33 Å². The first kappa shape index (κ1) is 11.8. The van der Waals surface area contributed by atoms with E-state index in [1.165, 1.54) is 11.1 Å². The topological polar surface area (TPSA) is 56.7 Å². The lowest BCUT2D eigenvalue weighted by Gasteiger charge is -2.08. The van der Waals surface area contributed by atoms with Crippen LogP contribution in [-0.4, -0.2) is 14.8 Å². The Bertz CT molecular complexity index is 470. The third-order valence-corrected chi connectivity index (χ3v) is 2.86. The van der Waals surface area contributed by atoms with Gasteiger partial charge in [0.1, 0.15) is 12.2 Å². The molecular formula is C13H18N4. The minimum atomic E-state index is 0.421. The summed E-state index contributed by atoms with van der Waals surface area (Å²) in [5.74, 6) is 1.38. The lowest BCUT2D eigenvalue weighted by molar-refractivity contribution is 0.638. The zero-order valence-corrected chi connectivity index (χ0v) is 10.3. The van der Waals surface area contributed by atoms with E-state index in [0.717, 1.165) is 12.4 Å². The van der Waals surface area contributed by atoms with Gasteiger partial charge in [0.2, 0.25) is 0 Å². The first-order chi connectivity index (χ1) is 8.20. The van der Waals surface area contributed by atoms with Crippen LogP contribution in [0, 0.1) is 0 Å². The maximum Gasteiger partial charge on any atom is 0.140 e. The SMILES string of the molecule is CC(C)c1ccc(Cn2ncnc2CN)cc1. The zero-order chi connectivity index (χ0) is 12.3. The molecule has 0 aliphatic carbocycles. The number of hydrogen-bond acceptors (Lipinski definition) is 3. The van der Waals surface area contributed by atoms with Gasteiger partial charge < -0.3 is 5.73 Å². The van der Waals surface area contributed by atoms with E-state index in [2.05, 4.69) is 48.2 Å². The normalized spacial score (nSPS) is 11.1. The van der Waals surface area contributed by atoms with Crippen molar-refractivity contribution in [2.24, 2.45) is 5.73 Å². The van der Waals surface area contributed by atoms with Crippen molar-refractivity contribution in [2.75, 3.05) is 0 Å². The molecule has 1 aromatic carbocycles. The van der Waals surface area contributed by atoms with Crippen molar-refractivity contribution >= 4 is 0 Å². The molecule has 1 aromatic heterocycles. The van der Waals surface area contributed by atoms with Gasteiger partial charge in [-0.2, -0.15) is 5.10 Å². The quantitative estimate of drug-likeness (QED) is 0.872. The Morgan fingerprint density at radius 1 is 1.24 bits per heavy atom. The average Bonchev–Trinajstić information content (AvgIpc) is 2.77. The van der Waals surface area contributed by atoms with E-state index in [4.69, 9.17) is 5.73 Å². The lowest BCUT2D eigenvalue weighted by Crippen LogP contribution is -2.10. The number of rotatable bonds is 4. The summed E-state index contributed by atoms with van der Waals surface area (Å²) in [6, 6.07) is 8.60. The summed E-state index contributed by atoms with van der Waals surface area (Å²) >= 11 is 0. The van der Waals surface area contributed by atoms with Gasteiger partial charge in [-0.3, -0.25) is 0 Å². The van der Waals surface area contributed by atoms with Crippen LogP contribution in [-0.2, 0) is 13.1 Å². The Balaban J connectivity index is 2.14. The van der Waals surface area contributed by atoms with Crippen LogP contribution >= 0.6 is 0 Å². The lowest BCUT2D eigenvalue weighted by atomic mass is 10.0. The van der Waals surface area contributed by atoms with E-state index in [1.807, 2.05) is 4.68 Å². The number of nitrogens with two attached hydrogens (primary N) is 1. The number of aromatic nitrogens is 3. The Hall–Kier alpha value is -1.68. The van der Waals surface area contributed by atoms with Crippen LogP contribution in [0.3, 0.4) is 0 Å². The number of benzene rings is 1. The minimum absolute atomic E-state index is 0.421. The molecule has 0 saturated heterocycles. The van der Waals surface area contributed by atoms with E-state index in [0.29, 0.717) is 12.5 Å². The molecule has 0 saturated carbocycles. The third kappa shape index (κ3) is 2.71. The van der Waals surface area contributed by atoms with Crippen LogP contribution in [0.4, 0.5) is 0 Å². The fourth-order valence-electron chi connectivity index (χ4n) is 1.76. The highest BCUT2D eigenvalue weighted by Crippen LogP contribution is 2.15. The van der Waals surface area contributed by atoms with Gasteiger partial charge in [0, 0.05) is 0 Å². The van der Waals surface area contributed by atoms with Crippen molar-refractivity contribution in [1.29, 1.82) is 0 Å². The second-order valence-corrected chi connectivity index (χ2v) is 4.43. The molecule has 0 bridgehead atoms. The van der Waals surface area contributed by atoms with E-state index in [-0.39, 0.29) is 0 Å². The fraction of sp³-hybridized carbons (Fsp3) is 0.385. The Kier molecular flexibility index (Phi) is 3.54. The molecule has 4 heteroatoms. The standard InChI is InChI=1S/C13H18N4/c1-10(2)12-5-3-11(4-6-12)8-17-13(7-14)15-9-16-17/h3-6,9-10H,7-8,14H2,1-2H3. The largest absolute Gasteiger partial charge is 0.324 e. The first-order valence-corrected chi connectivity index (χ1v) is 5.86. The molecule has 0 radical (unpaired) electrons. The van der Waals surface area contributed by atoms with Gasteiger partial charge >= 0.3 is 0 Å². The molecule has 4 nitrogen and oxygen atoms in total. The van der Waals surface area contributed by atoms with Gasteiger partial charge in [0.15, 0.2) is 0 Å². The monoisotopic (exact) mass is 230 g/mol. The zero-order valence-electron chi connectivity index (χ0n) is 10.3. The van der Waals surface area contributed by atoms with E-state index >= 15 is 0 Å². The summed E-state index contributed by atoms with van der Waals surface area (Å²) in [5.41, 5.74) is 8.16. The summed E-state index contributed by atoms with van der Waals surface area (Å²) in [7, 11) is 0. The molecule has 2 rings (SSSR count). The van der Waals surface area contributed by atoms with Crippen molar-refractivity contribution < 1.29 is 0 Å². The summed E-state index contributed by atoms with van der Waals surface area (Å²) in [5, 5.41) is 4.17. The fourth-order valence-corrected chi connectivity index (χ4v) is 1.76. The van der Waals surface area contributed by atoms with Crippen LogP contribution in [0.5, 0.6) is 0 Å². The van der Waals surface area contributed by atoms with Crippen LogP contribution in [0.15, 0.2) is 30.6 Å². The predicted molar refractivity (Wildman–Crippen MR) is 67.5 cm³/mol. The van der Waals surface area contributed by atoms with Crippen molar-refractivity contribution in [2.45, 2.75) is 32.9 Å². The molecule has 2 N–H and O–H groups in total. The summed E-state index contributed by atoms with van der Waals surface area (Å²) in [6.45, 7) is 5.53. The van der Waals surface area contributed by atoms with Crippen molar-refractivity contribution in [3.05, 3.63) is 47.5 Å². The molecule has 0 fully saturated rings. The molecule has 0 aliphatic heterocycles. The first-order valence-electron chi connectivity index (χ1n) is 5.86. The van der Waals surface area contributed by atoms with Crippen LogP contribution in [0.25, 0.3) is 0 Å². The Morgan fingerprint density at radius 3 is 2.53 bits per heavy atom. The van der Waals surface area contributed by atoms with Crippen molar-refractivity contribution in [3.8, 4) is 0 Å². The summed E-state index contributed by atoms with van der Waals surface area (Å²) in [4.78, 5) is 4.10. The van der Waals surface area contributed by atoms with Crippen molar-refractivity contribution in [3.63, 3.8) is 0 Å². The van der Waals surface area contributed by atoms with Crippen molar-refractivity contribution in [1.82, 2.24) is 14.8 Å². The second-order valence-electron chi connectivity index (χ2n) is 4.43. The molecule has 0 unspecified atom stereocenters. The second kappa shape index (κ2) is 5.10. The molecular weight excluding hydrogens is 212 g/mol. The van der Waals surface area contributed by atoms with Gasteiger partial charge in [-0.15, -0.1) is 0 Å². The summed E-state index contributed by atoms with van der Waals surface area (Å²) in [6.07, 6.45) is 1.55. The molecule has 17 heavy (non-hydrogen) atoms. The maximum absolute atomic E-state index is 5.59.